The van der Waals surface area contributed by atoms with E-state index >= 15 is 0 Å². The molecule has 1 fully saturated rings. The summed E-state index contributed by atoms with van der Waals surface area (Å²) in [7, 11) is 1.57. The molecule has 0 aromatic carbocycles. The Morgan fingerprint density at radius 3 is 2.78 bits per heavy atom. The Hall–Kier alpha value is -2.64. The maximum Gasteiger partial charge on any atom is 0.276 e. The first kappa shape index (κ1) is 15.3. The molecule has 0 saturated carbocycles. The number of aromatic nitrogens is 3. The van der Waals surface area contributed by atoms with Crippen LogP contribution in [-0.2, 0) is 0 Å². The van der Waals surface area contributed by atoms with Gasteiger partial charge in [0.25, 0.3) is 5.91 Å². The van der Waals surface area contributed by atoms with Crippen LogP contribution in [0, 0.1) is 6.92 Å². The summed E-state index contributed by atoms with van der Waals surface area (Å²) in [5.41, 5.74) is 0.370. The van der Waals surface area contributed by atoms with Crippen LogP contribution in [0.25, 0.3) is 0 Å². The van der Waals surface area contributed by atoms with E-state index in [1.54, 1.807) is 31.1 Å². The number of piperidine rings is 1. The molecule has 1 amide bonds. The second-order valence-corrected chi connectivity index (χ2v) is 5.48. The minimum absolute atomic E-state index is 0.0796. The van der Waals surface area contributed by atoms with Gasteiger partial charge < -0.3 is 19.5 Å². The van der Waals surface area contributed by atoms with Crippen molar-refractivity contribution in [1.82, 2.24) is 20.0 Å². The summed E-state index contributed by atoms with van der Waals surface area (Å²) in [4.78, 5) is 22.3. The number of nitrogens with one attached hydrogen (secondary N) is 1. The summed E-state index contributed by atoms with van der Waals surface area (Å²) in [6.45, 7) is 3.12. The van der Waals surface area contributed by atoms with E-state index in [1.165, 1.54) is 6.33 Å². The molecule has 0 aliphatic carbocycles. The van der Waals surface area contributed by atoms with E-state index in [-0.39, 0.29) is 11.9 Å². The van der Waals surface area contributed by atoms with Crippen LogP contribution >= 0.6 is 0 Å². The standard InChI is InChI=1S/C15H19N5O3/c1-10-7-12(19-23-10)15(21)20-5-3-11(4-6-20)18-13-8-14(22-2)17-9-16-13/h7-9,11H,3-6H2,1-2H3,(H,16,17,18). The molecule has 1 saturated heterocycles. The molecule has 0 unspecified atom stereocenters. The summed E-state index contributed by atoms with van der Waals surface area (Å²) < 4.78 is 10.0. The second-order valence-electron chi connectivity index (χ2n) is 5.48. The van der Waals surface area contributed by atoms with E-state index in [4.69, 9.17) is 9.26 Å². The zero-order chi connectivity index (χ0) is 16.2. The minimum atomic E-state index is -0.0796. The van der Waals surface area contributed by atoms with E-state index in [2.05, 4.69) is 20.4 Å². The van der Waals surface area contributed by atoms with Crippen molar-refractivity contribution in [2.24, 2.45) is 0 Å². The maximum atomic E-state index is 12.3. The fourth-order valence-electron chi connectivity index (χ4n) is 2.60. The van der Waals surface area contributed by atoms with Gasteiger partial charge in [-0.15, -0.1) is 0 Å². The molecule has 122 valence electrons. The second kappa shape index (κ2) is 6.64. The number of hydrogen-bond acceptors (Lipinski definition) is 7. The van der Waals surface area contributed by atoms with Gasteiger partial charge in [-0.1, -0.05) is 5.16 Å². The highest BCUT2D eigenvalue weighted by Crippen LogP contribution is 2.18. The van der Waals surface area contributed by atoms with Gasteiger partial charge >= 0.3 is 0 Å². The van der Waals surface area contributed by atoms with Crippen molar-refractivity contribution in [2.45, 2.75) is 25.8 Å². The van der Waals surface area contributed by atoms with Crippen molar-refractivity contribution in [2.75, 3.05) is 25.5 Å². The SMILES string of the molecule is COc1cc(NC2CCN(C(=O)c3cc(C)on3)CC2)ncn1. The van der Waals surface area contributed by atoms with Gasteiger partial charge in [0.15, 0.2) is 5.69 Å². The predicted molar refractivity (Wildman–Crippen MR) is 82.4 cm³/mol. The molecule has 2 aromatic rings. The van der Waals surface area contributed by atoms with Crippen molar-refractivity contribution < 1.29 is 14.1 Å². The lowest BCUT2D eigenvalue weighted by Gasteiger charge is -2.32. The molecular formula is C15H19N5O3. The van der Waals surface area contributed by atoms with E-state index in [0.29, 0.717) is 30.4 Å². The van der Waals surface area contributed by atoms with E-state index in [0.717, 1.165) is 18.7 Å². The van der Waals surface area contributed by atoms with Crippen molar-refractivity contribution in [3.63, 3.8) is 0 Å². The monoisotopic (exact) mass is 317 g/mol. The molecular weight excluding hydrogens is 298 g/mol. The van der Waals surface area contributed by atoms with Crippen molar-refractivity contribution >= 4 is 11.7 Å². The van der Waals surface area contributed by atoms with Crippen LogP contribution in [0.1, 0.15) is 29.1 Å². The largest absolute Gasteiger partial charge is 0.481 e. The molecule has 8 heteroatoms. The average molecular weight is 317 g/mol. The maximum absolute atomic E-state index is 12.3. The molecule has 3 heterocycles. The van der Waals surface area contributed by atoms with Crippen LogP contribution in [0.2, 0.25) is 0 Å². The van der Waals surface area contributed by atoms with E-state index < -0.39 is 0 Å². The number of carbonyl (C=O) groups is 1. The smallest absolute Gasteiger partial charge is 0.276 e. The Kier molecular flexibility index (Phi) is 4.40. The molecule has 1 N–H and O–H groups in total. The molecule has 23 heavy (non-hydrogen) atoms. The molecule has 1 aliphatic heterocycles. The van der Waals surface area contributed by atoms with Gasteiger partial charge in [-0.25, -0.2) is 9.97 Å². The summed E-state index contributed by atoms with van der Waals surface area (Å²) in [6.07, 6.45) is 3.15. The molecule has 0 bridgehead atoms. The van der Waals surface area contributed by atoms with Gasteiger partial charge in [0.1, 0.15) is 17.9 Å². The number of nitrogens with zero attached hydrogens (tertiary/aromatic N) is 4. The van der Waals surface area contributed by atoms with E-state index in [1.807, 2.05) is 0 Å². The normalized spacial score (nSPS) is 15.5. The molecule has 1 aliphatic rings. The molecule has 0 radical (unpaired) electrons. The predicted octanol–water partition coefficient (Wildman–Crippen LogP) is 1.50. The van der Waals surface area contributed by atoms with Gasteiger partial charge in [-0.3, -0.25) is 4.79 Å². The highest BCUT2D eigenvalue weighted by Gasteiger charge is 2.25. The van der Waals surface area contributed by atoms with Gasteiger partial charge in [-0.05, 0) is 19.8 Å². The van der Waals surface area contributed by atoms with Gasteiger partial charge in [0.05, 0.1) is 7.11 Å². The van der Waals surface area contributed by atoms with Crippen molar-refractivity contribution in [3.05, 3.63) is 29.9 Å². The van der Waals surface area contributed by atoms with Crippen LogP contribution < -0.4 is 10.1 Å². The first-order valence-electron chi connectivity index (χ1n) is 7.51. The lowest BCUT2D eigenvalue weighted by Crippen LogP contribution is -2.42. The minimum Gasteiger partial charge on any atom is -0.481 e. The lowest BCUT2D eigenvalue weighted by molar-refractivity contribution is 0.0708. The first-order chi connectivity index (χ1) is 11.2. The van der Waals surface area contributed by atoms with Crippen LogP contribution in [0.15, 0.2) is 23.0 Å². The summed E-state index contributed by atoms with van der Waals surface area (Å²) in [5, 5.41) is 7.14. The molecule has 3 rings (SSSR count). The van der Waals surface area contributed by atoms with Crippen LogP contribution in [0.3, 0.4) is 0 Å². The molecule has 2 aromatic heterocycles. The average Bonchev–Trinajstić information content (AvgIpc) is 3.01. The number of aryl methyl sites for hydroxylation is 1. The van der Waals surface area contributed by atoms with Crippen LogP contribution in [0.5, 0.6) is 5.88 Å². The molecule has 0 spiro atoms. The third-order valence-electron chi connectivity index (χ3n) is 3.83. The Bertz CT molecular complexity index is 679. The van der Waals surface area contributed by atoms with Gasteiger partial charge in [0, 0.05) is 31.3 Å². The number of methoxy groups -OCH3 is 1. The first-order valence-corrected chi connectivity index (χ1v) is 7.51. The Labute approximate surface area is 133 Å². The van der Waals surface area contributed by atoms with Crippen molar-refractivity contribution in [1.29, 1.82) is 0 Å². The number of anilines is 1. The number of carbonyl (C=O) groups excluding carboxylic acids is 1. The highest BCUT2D eigenvalue weighted by molar-refractivity contribution is 5.92. The summed E-state index contributed by atoms with van der Waals surface area (Å²) in [5.74, 6) is 1.82. The fourth-order valence-corrected chi connectivity index (χ4v) is 2.60. The third-order valence-corrected chi connectivity index (χ3v) is 3.83. The number of amides is 1. The van der Waals surface area contributed by atoms with Gasteiger partial charge in [0.2, 0.25) is 5.88 Å². The Morgan fingerprint density at radius 1 is 1.35 bits per heavy atom. The third kappa shape index (κ3) is 3.58. The Morgan fingerprint density at radius 2 is 2.13 bits per heavy atom. The summed E-state index contributed by atoms with van der Waals surface area (Å²) in [6, 6.07) is 3.69. The van der Waals surface area contributed by atoms with E-state index in [9.17, 15) is 4.79 Å². The zero-order valence-corrected chi connectivity index (χ0v) is 13.2. The highest BCUT2D eigenvalue weighted by atomic mass is 16.5. The number of rotatable bonds is 4. The number of ether oxygens (including phenoxy) is 1. The van der Waals surface area contributed by atoms with Crippen molar-refractivity contribution in [3.8, 4) is 5.88 Å². The van der Waals surface area contributed by atoms with Crippen LogP contribution in [0.4, 0.5) is 5.82 Å². The van der Waals surface area contributed by atoms with Gasteiger partial charge in [-0.2, -0.15) is 0 Å². The molecule has 0 atom stereocenters. The lowest BCUT2D eigenvalue weighted by atomic mass is 10.0. The molecule has 8 nitrogen and oxygen atoms in total. The number of hydrogen-bond donors (Lipinski definition) is 1. The number of likely N-dealkylation sites (tertiary alicyclic amines) is 1. The topological polar surface area (TPSA) is 93.4 Å². The van der Waals surface area contributed by atoms with Crippen LogP contribution in [-0.4, -0.2) is 52.2 Å². The Balaban J connectivity index is 1.55. The summed E-state index contributed by atoms with van der Waals surface area (Å²) >= 11 is 0. The quantitative estimate of drug-likeness (QED) is 0.913. The zero-order valence-electron chi connectivity index (χ0n) is 13.2. The fraction of sp³-hybridized carbons (Fsp3) is 0.467.